The van der Waals surface area contributed by atoms with Crippen LogP contribution in [0.5, 0.6) is 5.75 Å². The number of carbonyl (C=O) groups excluding carboxylic acids is 1. The topological polar surface area (TPSA) is 38.3 Å². The molecule has 1 atom stereocenters. The highest BCUT2D eigenvalue weighted by Gasteiger charge is 2.16. The quantitative estimate of drug-likeness (QED) is 0.757. The second kappa shape index (κ2) is 7.36. The van der Waals surface area contributed by atoms with Gasteiger partial charge >= 0.3 is 0 Å². The zero-order valence-corrected chi connectivity index (χ0v) is 15.1. The van der Waals surface area contributed by atoms with Crippen molar-refractivity contribution in [2.45, 2.75) is 13.0 Å². The average molecular weight is 403 g/mol. The minimum Gasteiger partial charge on any atom is -0.497 e. The molecular formula is C16H14BrCl2NO2. The van der Waals surface area contributed by atoms with Gasteiger partial charge in [0.15, 0.2) is 0 Å². The van der Waals surface area contributed by atoms with Gasteiger partial charge in [0.1, 0.15) is 5.75 Å². The number of amides is 1. The Hall–Kier alpha value is -1.23. The molecule has 0 heterocycles. The second-order valence-corrected chi connectivity index (χ2v) is 6.40. The maximum Gasteiger partial charge on any atom is 0.253 e. The van der Waals surface area contributed by atoms with Crippen molar-refractivity contribution in [1.82, 2.24) is 5.32 Å². The third-order valence-corrected chi connectivity index (χ3v) is 4.45. The molecule has 6 heteroatoms. The third kappa shape index (κ3) is 3.94. The fraction of sp³-hybridized carbons (Fsp3) is 0.188. The molecule has 2 aromatic rings. The lowest BCUT2D eigenvalue weighted by atomic mass is 10.1. The first-order valence-electron chi connectivity index (χ1n) is 6.51. The van der Waals surface area contributed by atoms with E-state index in [4.69, 9.17) is 27.9 Å². The molecule has 0 bridgehead atoms. The number of ether oxygens (including phenoxy) is 1. The highest BCUT2D eigenvalue weighted by Crippen LogP contribution is 2.27. The molecule has 0 radical (unpaired) electrons. The summed E-state index contributed by atoms with van der Waals surface area (Å²) < 4.78 is 5.84. The first-order valence-corrected chi connectivity index (χ1v) is 8.06. The summed E-state index contributed by atoms with van der Waals surface area (Å²) in [6.45, 7) is 1.86. The maximum atomic E-state index is 12.4. The van der Waals surface area contributed by atoms with Crippen LogP contribution in [0.1, 0.15) is 28.9 Å². The predicted molar refractivity (Wildman–Crippen MR) is 93.0 cm³/mol. The van der Waals surface area contributed by atoms with Gasteiger partial charge in [-0.1, -0.05) is 29.3 Å². The minimum absolute atomic E-state index is 0.218. The number of rotatable bonds is 4. The molecule has 0 fully saturated rings. The Morgan fingerprint density at radius 1 is 1.23 bits per heavy atom. The molecule has 22 heavy (non-hydrogen) atoms. The van der Waals surface area contributed by atoms with Crippen LogP contribution in [0.4, 0.5) is 0 Å². The van der Waals surface area contributed by atoms with E-state index < -0.39 is 0 Å². The van der Waals surface area contributed by atoms with Gasteiger partial charge in [-0.2, -0.15) is 0 Å². The number of hydrogen-bond acceptors (Lipinski definition) is 2. The van der Waals surface area contributed by atoms with Crippen molar-refractivity contribution in [1.29, 1.82) is 0 Å². The fourth-order valence-corrected chi connectivity index (χ4v) is 3.01. The van der Waals surface area contributed by atoms with Crippen LogP contribution in [-0.2, 0) is 0 Å². The molecule has 0 aliphatic rings. The number of methoxy groups -OCH3 is 1. The van der Waals surface area contributed by atoms with E-state index in [2.05, 4.69) is 21.2 Å². The lowest BCUT2D eigenvalue weighted by Gasteiger charge is -2.17. The van der Waals surface area contributed by atoms with Gasteiger partial charge in [0.25, 0.3) is 5.91 Å². The Kier molecular flexibility index (Phi) is 5.73. The van der Waals surface area contributed by atoms with Gasteiger partial charge in [-0.05, 0) is 58.7 Å². The van der Waals surface area contributed by atoms with Crippen LogP contribution < -0.4 is 10.1 Å². The molecular weight excluding hydrogens is 389 g/mol. The number of carbonyl (C=O) groups is 1. The van der Waals surface area contributed by atoms with Gasteiger partial charge < -0.3 is 10.1 Å². The monoisotopic (exact) mass is 401 g/mol. The standard InChI is InChI=1S/C16H14BrCl2NO2/c1-9(12-5-3-10(18)7-15(12)19)20-16(21)13-8-11(22-2)4-6-14(13)17/h3-9H,1-2H3,(H,20,21). The Morgan fingerprint density at radius 2 is 1.95 bits per heavy atom. The molecule has 1 amide bonds. The minimum atomic E-state index is -0.254. The van der Waals surface area contributed by atoms with Gasteiger partial charge in [-0.15, -0.1) is 0 Å². The van der Waals surface area contributed by atoms with E-state index in [0.717, 1.165) is 5.56 Å². The highest BCUT2D eigenvalue weighted by atomic mass is 79.9. The summed E-state index contributed by atoms with van der Waals surface area (Å²) in [6.07, 6.45) is 0. The summed E-state index contributed by atoms with van der Waals surface area (Å²) in [5, 5.41) is 3.99. The van der Waals surface area contributed by atoms with Crippen molar-refractivity contribution in [2.75, 3.05) is 7.11 Å². The van der Waals surface area contributed by atoms with Crippen molar-refractivity contribution in [3.63, 3.8) is 0 Å². The molecule has 0 saturated heterocycles. The van der Waals surface area contributed by atoms with Crippen molar-refractivity contribution >= 4 is 45.0 Å². The van der Waals surface area contributed by atoms with E-state index in [1.165, 1.54) is 0 Å². The number of benzene rings is 2. The molecule has 0 aliphatic carbocycles. The van der Waals surface area contributed by atoms with Crippen LogP contribution in [0.15, 0.2) is 40.9 Å². The Balaban J connectivity index is 2.21. The van der Waals surface area contributed by atoms with Crippen molar-refractivity contribution in [3.05, 3.63) is 62.0 Å². The average Bonchev–Trinajstić information content (AvgIpc) is 2.47. The van der Waals surface area contributed by atoms with Crippen LogP contribution in [-0.4, -0.2) is 13.0 Å². The molecule has 0 saturated carbocycles. The van der Waals surface area contributed by atoms with E-state index in [-0.39, 0.29) is 11.9 Å². The zero-order valence-electron chi connectivity index (χ0n) is 12.0. The van der Waals surface area contributed by atoms with E-state index in [1.54, 1.807) is 43.5 Å². The van der Waals surface area contributed by atoms with Crippen LogP contribution in [0, 0.1) is 0 Å². The van der Waals surface area contributed by atoms with Crippen molar-refractivity contribution < 1.29 is 9.53 Å². The molecule has 3 nitrogen and oxygen atoms in total. The molecule has 0 aromatic heterocycles. The Bertz CT molecular complexity index is 707. The number of halogens is 3. The molecule has 1 N–H and O–H groups in total. The predicted octanol–water partition coefficient (Wildman–Crippen LogP) is 5.26. The number of hydrogen-bond donors (Lipinski definition) is 1. The first kappa shape index (κ1) is 17.1. The van der Waals surface area contributed by atoms with Crippen LogP contribution in [0.25, 0.3) is 0 Å². The Morgan fingerprint density at radius 3 is 2.59 bits per heavy atom. The summed E-state index contributed by atoms with van der Waals surface area (Å²) in [6, 6.07) is 10.2. The normalized spacial score (nSPS) is 11.9. The van der Waals surface area contributed by atoms with Crippen LogP contribution in [0.3, 0.4) is 0 Å². The zero-order chi connectivity index (χ0) is 16.3. The van der Waals surface area contributed by atoms with Gasteiger partial charge in [-0.3, -0.25) is 4.79 Å². The van der Waals surface area contributed by atoms with E-state index >= 15 is 0 Å². The van der Waals surface area contributed by atoms with Crippen molar-refractivity contribution in [3.8, 4) is 5.75 Å². The molecule has 2 rings (SSSR count). The molecule has 0 aliphatic heterocycles. The van der Waals surface area contributed by atoms with Crippen LogP contribution in [0.2, 0.25) is 10.0 Å². The summed E-state index contributed by atoms with van der Waals surface area (Å²) in [4.78, 5) is 12.4. The molecule has 2 aromatic carbocycles. The molecule has 116 valence electrons. The highest BCUT2D eigenvalue weighted by molar-refractivity contribution is 9.10. The summed E-state index contributed by atoms with van der Waals surface area (Å²) in [5.41, 5.74) is 1.30. The summed E-state index contributed by atoms with van der Waals surface area (Å²) >= 11 is 15.4. The van der Waals surface area contributed by atoms with E-state index in [9.17, 15) is 4.79 Å². The fourth-order valence-electron chi connectivity index (χ4n) is 2.01. The van der Waals surface area contributed by atoms with E-state index in [0.29, 0.717) is 25.8 Å². The lowest BCUT2D eigenvalue weighted by molar-refractivity contribution is 0.0939. The molecule has 1 unspecified atom stereocenters. The smallest absolute Gasteiger partial charge is 0.253 e. The van der Waals surface area contributed by atoms with E-state index in [1.807, 2.05) is 6.92 Å². The SMILES string of the molecule is COc1ccc(Br)c(C(=O)NC(C)c2ccc(Cl)cc2Cl)c1. The van der Waals surface area contributed by atoms with Gasteiger partial charge in [0.05, 0.1) is 18.7 Å². The molecule has 0 spiro atoms. The largest absolute Gasteiger partial charge is 0.497 e. The summed E-state index contributed by atoms with van der Waals surface area (Å²) in [7, 11) is 1.56. The van der Waals surface area contributed by atoms with Gasteiger partial charge in [-0.25, -0.2) is 0 Å². The van der Waals surface area contributed by atoms with Gasteiger partial charge in [0, 0.05) is 14.5 Å². The first-order chi connectivity index (χ1) is 10.4. The summed E-state index contributed by atoms with van der Waals surface area (Å²) in [5.74, 6) is 0.398. The third-order valence-electron chi connectivity index (χ3n) is 3.19. The lowest BCUT2D eigenvalue weighted by Crippen LogP contribution is -2.27. The van der Waals surface area contributed by atoms with Crippen LogP contribution >= 0.6 is 39.1 Å². The van der Waals surface area contributed by atoms with Crippen molar-refractivity contribution in [2.24, 2.45) is 0 Å². The number of nitrogens with one attached hydrogen (secondary N) is 1. The maximum absolute atomic E-state index is 12.4. The second-order valence-electron chi connectivity index (χ2n) is 4.71. The Labute approximate surface area is 147 Å². The van der Waals surface area contributed by atoms with Gasteiger partial charge in [0.2, 0.25) is 0 Å².